The van der Waals surface area contributed by atoms with Crippen LogP contribution in [0, 0.1) is 0 Å². The molecule has 0 unspecified atom stereocenters. The lowest BCUT2D eigenvalue weighted by Gasteiger charge is -2.13. The van der Waals surface area contributed by atoms with E-state index in [2.05, 4.69) is 5.32 Å². The summed E-state index contributed by atoms with van der Waals surface area (Å²) in [5.74, 6) is 1.40. The highest BCUT2D eigenvalue weighted by Crippen LogP contribution is 2.28. The van der Waals surface area contributed by atoms with E-state index in [9.17, 15) is 4.79 Å². The summed E-state index contributed by atoms with van der Waals surface area (Å²) < 4.78 is 6.00. The standard InChI is InChI=1S/C15H16ClNO2S2/c1-10(20-9-11-7-8-14(16)21-11)15(18)17-12-5-3-4-6-13(12)19-2/h3-8,10H,9H2,1-2H3,(H,17,18)/t10-/m1/s1. The van der Waals surface area contributed by atoms with Crippen LogP contribution in [0.4, 0.5) is 5.69 Å². The minimum Gasteiger partial charge on any atom is -0.495 e. The van der Waals surface area contributed by atoms with Crippen molar-refractivity contribution in [2.75, 3.05) is 12.4 Å². The predicted octanol–water partition coefficient (Wildman–Crippen LogP) is 4.67. The zero-order valence-electron chi connectivity index (χ0n) is 11.8. The first-order valence-corrected chi connectivity index (χ1v) is 8.64. The molecule has 1 aromatic carbocycles. The van der Waals surface area contributed by atoms with Crippen LogP contribution in [0.5, 0.6) is 5.75 Å². The quantitative estimate of drug-likeness (QED) is 0.829. The van der Waals surface area contributed by atoms with Gasteiger partial charge in [-0.15, -0.1) is 23.1 Å². The lowest BCUT2D eigenvalue weighted by atomic mass is 10.3. The number of anilines is 1. The Bertz CT molecular complexity index is 615. The van der Waals surface area contributed by atoms with E-state index < -0.39 is 0 Å². The van der Waals surface area contributed by atoms with Gasteiger partial charge >= 0.3 is 0 Å². The molecule has 21 heavy (non-hydrogen) atoms. The fourth-order valence-corrected chi connectivity index (χ4v) is 3.74. The molecule has 6 heteroatoms. The molecular formula is C15H16ClNO2S2. The van der Waals surface area contributed by atoms with Gasteiger partial charge in [-0.25, -0.2) is 0 Å². The molecule has 0 saturated heterocycles. The summed E-state index contributed by atoms with van der Waals surface area (Å²) in [4.78, 5) is 13.4. The molecule has 0 spiro atoms. The van der Waals surface area contributed by atoms with Gasteiger partial charge in [0.2, 0.25) is 5.91 Å². The minimum atomic E-state index is -0.157. The Morgan fingerprint density at radius 3 is 2.81 bits per heavy atom. The van der Waals surface area contributed by atoms with E-state index in [1.54, 1.807) is 30.2 Å². The number of rotatable bonds is 6. The second-order valence-corrected chi connectivity index (χ2v) is 7.48. The molecule has 0 fully saturated rings. The number of benzene rings is 1. The van der Waals surface area contributed by atoms with Crippen LogP contribution in [0.25, 0.3) is 0 Å². The Labute approximate surface area is 137 Å². The maximum Gasteiger partial charge on any atom is 0.237 e. The highest BCUT2D eigenvalue weighted by Gasteiger charge is 2.15. The van der Waals surface area contributed by atoms with E-state index in [0.29, 0.717) is 11.4 Å². The predicted molar refractivity (Wildman–Crippen MR) is 91.7 cm³/mol. The van der Waals surface area contributed by atoms with Gasteiger partial charge in [0.1, 0.15) is 5.75 Å². The number of amides is 1. The van der Waals surface area contributed by atoms with E-state index in [-0.39, 0.29) is 11.2 Å². The van der Waals surface area contributed by atoms with Crippen LogP contribution in [0.2, 0.25) is 4.34 Å². The molecule has 1 amide bonds. The average molecular weight is 342 g/mol. The van der Waals surface area contributed by atoms with Crippen molar-refractivity contribution in [1.82, 2.24) is 0 Å². The van der Waals surface area contributed by atoms with Crippen molar-refractivity contribution in [3.63, 3.8) is 0 Å². The van der Waals surface area contributed by atoms with Crippen molar-refractivity contribution in [2.45, 2.75) is 17.9 Å². The first-order chi connectivity index (χ1) is 10.1. The Hall–Kier alpha value is -1.17. The molecule has 0 aliphatic rings. The molecular weight excluding hydrogens is 326 g/mol. The molecule has 0 radical (unpaired) electrons. The molecule has 0 saturated carbocycles. The topological polar surface area (TPSA) is 38.3 Å². The first-order valence-electron chi connectivity index (χ1n) is 6.40. The number of ether oxygens (including phenoxy) is 1. The van der Waals surface area contributed by atoms with Crippen LogP contribution in [0.15, 0.2) is 36.4 Å². The Morgan fingerprint density at radius 1 is 1.38 bits per heavy atom. The summed E-state index contributed by atoms with van der Waals surface area (Å²) in [6.45, 7) is 1.89. The summed E-state index contributed by atoms with van der Waals surface area (Å²) in [5.41, 5.74) is 0.691. The first kappa shape index (κ1) is 16.2. The van der Waals surface area contributed by atoms with Crippen molar-refractivity contribution in [3.8, 4) is 5.75 Å². The van der Waals surface area contributed by atoms with Crippen molar-refractivity contribution >= 4 is 46.3 Å². The Kier molecular flexibility index (Phi) is 5.96. The monoisotopic (exact) mass is 341 g/mol. The third-order valence-corrected chi connectivity index (χ3v) is 5.44. The number of carbonyl (C=O) groups is 1. The van der Waals surface area contributed by atoms with Gasteiger partial charge in [-0.2, -0.15) is 0 Å². The van der Waals surface area contributed by atoms with E-state index in [4.69, 9.17) is 16.3 Å². The normalized spacial score (nSPS) is 12.0. The molecule has 1 heterocycles. The smallest absolute Gasteiger partial charge is 0.237 e. The van der Waals surface area contributed by atoms with Gasteiger partial charge in [-0.1, -0.05) is 23.7 Å². The number of hydrogen-bond donors (Lipinski definition) is 1. The van der Waals surface area contributed by atoms with E-state index in [0.717, 1.165) is 10.1 Å². The largest absolute Gasteiger partial charge is 0.495 e. The molecule has 1 atom stereocenters. The van der Waals surface area contributed by atoms with Crippen LogP contribution in [-0.4, -0.2) is 18.3 Å². The van der Waals surface area contributed by atoms with Gasteiger partial charge in [0.15, 0.2) is 0 Å². The van der Waals surface area contributed by atoms with Crippen LogP contribution in [0.1, 0.15) is 11.8 Å². The van der Waals surface area contributed by atoms with E-state index >= 15 is 0 Å². The maximum atomic E-state index is 12.2. The third-order valence-electron chi connectivity index (χ3n) is 2.84. The van der Waals surface area contributed by atoms with E-state index in [1.807, 2.05) is 43.3 Å². The number of halogens is 1. The number of nitrogens with one attached hydrogen (secondary N) is 1. The molecule has 1 N–H and O–H groups in total. The summed E-state index contributed by atoms with van der Waals surface area (Å²) in [6, 6.07) is 11.2. The highest BCUT2D eigenvalue weighted by atomic mass is 35.5. The minimum absolute atomic E-state index is 0.0350. The molecule has 2 aromatic rings. The summed E-state index contributed by atoms with van der Waals surface area (Å²) >= 11 is 9.02. The van der Waals surface area contributed by atoms with Gasteiger partial charge in [-0.05, 0) is 31.2 Å². The van der Waals surface area contributed by atoms with Crippen molar-refractivity contribution in [3.05, 3.63) is 45.6 Å². The number of thioether (sulfide) groups is 1. The lowest BCUT2D eigenvalue weighted by Crippen LogP contribution is -2.22. The number of thiophene rings is 1. The number of hydrogen-bond acceptors (Lipinski definition) is 4. The van der Waals surface area contributed by atoms with Gasteiger partial charge in [-0.3, -0.25) is 4.79 Å². The maximum absolute atomic E-state index is 12.2. The second kappa shape index (κ2) is 7.73. The molecule has 2 rings (SSSR count). The Morgan fingerprint density at radius 2 is 2.14 bits per heavy atom. The van der Waals surface area contributed by atoms with Crippen molar-refractivity contribution in [2.24, 2.45) is 0 Å². The lowest BCUT2D eigenvalue weighted by molar-refractivity contribution is -0.115. The van der Waals surface area contributed by atoms with Gasteiger partial charge < -0.3 is 10.1 Å². The second-order valence-electron chi connectivity index (χ2n) is 4.35. The SMILES string of the molecule is COc1ccccc1NC(=O)[C@@H](C)SCc1ccc(Cl)s1. The fraction of sp³-hybridized carbons (Fsp3) is 0.267. The summed E-state index contributed by atoms with van der Waals surface area (Å²) in [7, 11) is 1.59. The molecule has 0 bridgehead atoms. The fourth-order valence-electron chi connectivity index (χ4n) is 1.69. The van der Waals surface area contributed by atoms with Gasteiger partial charge in [0, 0.05) is 10.6 Å². The van der Waals surface area contributed by atoms with Gasteiger partial charge in [0.05, 0.1) is 22.4 Å². The molecule has 0 aliphatic heterocycles. The van der Waals surface area contributed by atoms with Crippen molar-refractivity contribution < 1.29 is 9.53 Å². The number of carbonyl (C=O) groups excluding carboxylic acids is 1. The van der Waals surface area contributed by atoms with Crippen molar-refractivity contribution in [1.29, 1.82) is 0 Å². The zero-order chi connectivity index (χ0) is 15.2. The summed E-state index contributed by atoms with van der Waals surface area (Å²) in [6.07, 6.45) is 0. The molecule has 1 aromatic heterocycles. The molecule has 0 aliphatic carbocycles. The number of para-hydroxylation sites is 2. The van der Waals surface area contributed by atoms with Gasteiger partial charge in [0.25, 0.3) is 0 Å². The van der Waals surface area contributed by atoms with Crippen LogP contribution in [-0.2, 0) is 10.5 Å². The molecule has 3 nitrogen and oxygen atoms in total. The highest BCUT2D eigenvalue weighted by molar-refractivity contribution is 7.99. The zero-order valence-corrected chi connectivity index (χ0v) is 14.1. The average Bonchev–Trinajstić information content (AvgIpc) is 2.91. The third kappa shape index (κ3) is 4.66. The van der Waals surface area contributed by atoms with Crippen LogP contribution in [0.3, 0.4) is 0 Å². The summed E-state index contributed by atoms with van der Waals surface area (Å²) in [5, 5.41) is 2.74. The van der Waals surface area contributed by atoms with Crippen LogP contribution >= 0.6 is 34.7 Å². The molecule has 112 valence electrons. The van der Waals surface area contributed by atoms with Crippen LogP contribution < -0.4 is 10.1 Å². The Balaban J connectivity index is 1.90. The van der Waals surface area contributed by atoms with E-state index in [1.165, 1.54) is 4.88 Å². The number of methoxy groups -OCH3 is 1.